The van der Waals surface area contributed by atoms with Crippen molar-refractivity contribution in [1.29, 1.82) is 0 Å². The second-order valence-electron chi connectivity index (χ2n) is 3.60. The maximum Gasteiger partial charge on any atom is 0.143 e. The number of nitrogens with two attached hydrogens (primary N) is 1. The fourth-order valence-electron chi connectivity index (χ4n) is 1.41. The average molecular weight is 214 g/mol. The number of nitrogens with zero attached hydrogens (tertiary/aromatic N) is 1. The Hall–Kier alpha value is -2.03. The Bertz CT molecular complexity index is 469. The van der Waals surface area contributed by atoms with E-state index >= 15 is 0 Å². The number of hydrogen-bond acceptors (Lipinski definition) is 3. The third kappa shape index (κ3) is 2.31. The molecule has 0 spiro atoms. The van der Waals surface area contributed by atoms with Crippen LogP contribution < -0.4 is 10.5 Å². The predicted octanol–water partition coefficient (Wildman–Crippen LogP) is 2.55. The Balaban J connectivity index is 2.08. The maximum atomic E-state index is 5.90. The minimum Gasteiger partial charge on any atom is -0.485 e. The molecule has 3 nitrogen and oxygen atoms in total. The zero-order valence-corrected chi connectivity index (χ0v) is 9.18. The number of aromatic nitrogens is 1. The molecule has 0 aliphatic carbocycles. The van der Waals surface area contributed by atoms with Crippen LogP contribution in [0.3, 0.4) is 0 Å². The van der Waals surface area contributed by atoms with Gasteiger partial charge in [-0.25, -0.2) is 0 Å². The Morgan fingerprint density at radius 1 is 1.19 bits per heavy atom. The first-order valence-electron chi connectivity index (χ1n) is 5.15. The SMILES string of the molecule is Cc1cccc(OCc2ccccn2)c1N. The molecule has 2 rings (SSSR count). The van der Waals surface area contributed by atoms with Crippen LogP contribution in [0.5, 0.6) is 5.75 Å². The molecule has 0 radical (unpaired) electrons. The number of benzene rings is 1. The molecule has 0 amide bonds. The van der Waals surface area contributed by atoms with Crippen LogP contribution in [0, 0.1) is 6.92 Å². The Morgan fingerprint density at radius 2 is 2.06 bits per heavy atom. The van der Waals surface area contributed by atoms with Crippen molar-refractivity contribution in [2.75, 3.05) is 5.73 Å². The highest BCUT2D eigenvalue weighted by Gasteiger charge is 2.02. The molecule has 0 saturated carbocycles. The lowest BCUT2D eigenvalue weighted by Crippen LogP contribution is -2.01. The standard InChI is InChI=1S/C13H14N2O/c1-10-5-4-7-12(13(10)14)16-9-11-6-2-3-8-15-11/h2-8H,9,14H2,1H3. The van der Waals surface area contributed by atoms with E-state index in [4.69, 9.17) is 10.5 Å². The maximum absolute atomic E-state index is 5.90. The van der Waals surface area contributed by atoms with Gasteiger partial charge in [-0.3, -0.25) is 4.98 Å². The first-order chi connectivity index (χ1) is 7.77. The molecular weight excluding hydrogens is 200 g/mol. The molecule has 1 aromatic carbocycles. The molecule has 3 heteroatoms. The lowest BCUT2D eigenvalue weighted by molar-refractivity contribution is 0.303. The first-order valence-corrected chi connectivity index (χ1v) is 5.15. The summed E-state index contributed by atoms with van der Waals surface area (Å²) in [6, 6.07) is 11.5. The Kier molecular flexibility index (Phi) is 3.05. The second kappa shape index (κ2) is 4.66. The lowest BCUT2D eigenvalue weighted by Gasteiger charge is -2.09. The summed E-state index contributed by atoms with van der Waals surface area (Å²) < 4.78 is 5.62. The van der Waals surface area contributed by atoms with E-state index in [0.29, 0.717) is 18.0 Å². The molecule has 0 unspecified atom stereocenters. The van der Waals surface area contributed by atoms with E-state index in [9.17, 15) is 0 Å². The molecule has 0 fully saturated rings. The Morgan fingerprint density at radius 3 is 2.81 bits per heavy atom. The normalized spacial score (nSPS) is 10.1. The molecule has 2 N–H and O–H groups in total. The zero-order chi connectivity index (χ0) is 11.4. The van der Waals surface area contributed by atoms with E-state index in [1.165, 1.54) is 0 Å². The van der Waals surface area contributed by atoms with Gasteiger partial charge >= 0.3 is 0 Å². The highest BCUT2D eigenvalue weighted by atomic mass is 16.5. The van der Waals surface area contributed by atoms with Crippen molar-refractivity contribution < 1.29 is 4.74 Å². The van der Waals surface area contributed by atoms with Gasteiger partial charge in [-0.1, -0.05) is 18.2 Å². The van der Waals surface area contributed by atoms with Crippen molar-refractivity contribution in [3.63, 3.8) is 0 Å². The number of rotatable bonds is 3. The topological polar surface area (TPSA) is 48.1 Å². The molecule has 1 heterocycles. The van der Waals surface area contributed by atoms with Gasteiger partial charge in [0.1, 0.15) is 12.4 Å². The smallest absolute Gasteiger partial charge is 0.143 e. The van der Waals surface area contributed by atoms with E-state index in [0.717, 1.165) is 11.3 Å². The van der Waals surface area contributed by atoms with Crippen molar-refractivity contribution >= 4 is 5.69 Å². The highest BCUT2D eigenvalue weighted by Crippen LogP contribution is 2.24. The van der Waals surface area contributed by atoms with Gasteiger partial charge in [0, 0.05) is 6.20 Å². The number of hydrogen-bond donors (Lipinski definition) is 1. The van der Waals surface area contributed by atoms with Crippen LogP contribution >= 0.6 is 0 Å². The van der Waals surface area contributed by atoms with E-state index in [1.807, 2.05) is 43.3 Å². The van der Waals surface area contributed by atoms with Gasteiger partial charge in [0.15, 0.2) is 0 Å². The van der Waals surface area contributed by atoms with E-state index < -0.39 is 0 Å². The third-order valence-corrected chi connectivity index (χ3v) is 2.39. The number of pyridine rings is 1. The van der Waals surface area contributed by atoms with Gasteiger partial charge in [-0.15, -0.1) is 0 Å². The second-order valence-corrected chi connectivity index (χ2v) is 3.60. The predicted molar refractivity (Wildman–Crippen MR) is 64.2 cm³/mol. The summed E-state index contributed by atoms with van der Waals surface area (Å²) in [7, 11) is 0. The summed E-state index contributed by atoms with van der Waals surface area (Å²) in [5.74, 6) is 0.714. The summed E-state index contributed by atoms with van der Waals surface area (Å²) in [5.41, 5.74) is 8.51. The number of aryl methyl sites for hydroxylation is 1. The van der Waals surface area contributed by atoms with Gasteiger partial charge in [0.2, 0.25) is 0 Å². The summed E-state index contributed by atoms with van der Waals surface area (Å²) >= 11 is 0. The van der Waals surface area contributed by atoms with Crippen molar-refractivity contribution in [2.24, 2.45) is 0 Å². The van der Waals surface area contributed by atoms with Crippen molar-refractivity contribution in [2.45, 2.75) is 13.5 Å². The van der Waals surface area contributed by atoms with Gasteiger partial charge in [0.25, 0.3) is 0 Å². The molecule has 2 aromatic rings. The fraction of sp³-hybridized carbons (Fsp3) is 0.154. The molecule has 0 bridgehead atoms. The van der Waals surface area contributed by atoms with E-state index in [1.54, 1.807) is 6.20 Å². The van der Waals surface area contributed by atoms with Gasteiger partial charge in [-0.05, 0) is 30.7 Å². The van der Waals surface area contributed by atoms with Crippen molar-refractivity contribution in [3.05, 3.63) is 53.9 Å². The molecular formula is C13H14N2O. The monoisotopic (exact) mass is 214 g/mol. The molecule has 16 heavy (non-hydrogen) atoms. The first kappa shape index (κ1) is 10.5. The van der Waals surface area contributed by atoms with Crippen molar-refractivity contribution in [3.8, 4) is 5.75 Å². The fourth-order valence-corrected chi connectivity index (χ4v) is 1.41. The van der Waals surface area contributed by atoms with Crippen LogP contribution in [-0.2, 0) is 6.61 Å². The van der Waals surface area contributed by atoms with Crippen LogP contribution in [0.1, 0.15) is 11.3 Å². The minimum absolute atomic E-state index is 0.439. The van der Waals surface area contributed by atoms with E-state index in [2.05, 4.69) is 4.98 Å². The summed E-state index contributed by atoms with van der Waals surface area (Å²) in [5, 5.41) is 0. The molecule has 0 aliphatic heterocycles. The highest BCUT2D eigenvalue weighted by molar-refractivity contribution is 5.57. The summed E-state index contributed by atoms with van der Waals surface area (Å²) in [4.78, 5) is 4.18. The average Bonchev–Trinajstić information content (AvgIpc) is 2.32. The Labute approximate surface area is 94.9 Å². The van der Waals surface area contributed by atoms with Crippen molar-refractivity contribution in [1.82, 2.24) is 4.98 Å². The van der Waals surface area contributed by atoms with Crippen LogP contribution in [0.15, 0.2) is 42.6 Å². The van der Waals surface area contributed by atoms with Crippen LogP contribution in [-0.4, -0.2) is 4.98 Å². The van der Waals surface area contributed by atoms with Crippen LogP contribution in [0.25, 0.3) is 0 Å². The molecule has 82 valence electrons. The van der Waals surface area contributed by atoms with Gasteiger partial charge < -0.3 is 10.5 Å². The molecule has 1 aromatic heterocycles. The van der Waals surface area contributed by atoms with Crippen LogP contribution in [0.4, 0.5) is 5.69 Å². The van der Waals surface area contributed by atoms with Crippen LogP contribution in [0.2, 0.25) is 0 Å². The quantitative estimate of drug-likeness (QED) is 0.799. The zero-order valence-electron chi connectivity index (χ0n) is 9.18. The number of para-hydroxylation sites is 1. The summed E-state index contributed by atoms with van der Waals surface area (Å²) in [6.45, 7) is 2.40. The minimum atomic E-state index is 0.439. The van der Waals surface area contributed by atoms with E-state index in [-0.39, 0.29) is 0 Å². The number of ether oxygens (including phenoxy) is 1. The summed E-state index contributed by atoms with van der Waals surface area (Å²) in [6.07, 6.45) is 1.75. The van der Waals surface area contributed by atoms with Gasteiger partial charge in [0.05, 0.1) is 11.4 Å². The lowest BCUT2D eigenvalue weighted by atomic mass is 10.2. The molecule has 0 atom stereocenters. The third-order valence-electron chi connectivity index (χ3n) is 2.39. The molecule has 0 saturated heterocycles. The largest absolute Gasteiger partial charge is 0.485 e. The van der Waals surface area contributed by atoms with Gasteiger partial charge in [-0.2, -0.15) is 0 Å². The molecule has 0 aliphatic rings. The number of nitrogen functional groups attached to an aromatic ring is 1. The number of anilines is 1.